The van der Waals surface area contributed by atoms with Gasteiger partial charge < -0.3 is 10.6 Å². The number of nitrogens with zero attached hydrogens (tertiary/aromatic N) is 1. The second-order valence-electron chi connectivity index (χ2n) is 9.59. The molecule has 0 bridgehead atoms. The van der Waals surface area contributed by atoms with Gasteiger partial charge in [0.1, 0.15) is 0 Å². The lowest BCUT2D eigenvalue weighted by Gasteiger charge is -2.35. The van der Waals surface area contributed by atoms with E-state index < -0.39 is 0 Å². The molecule has 2 nitrogen and oxygen atoms in total. The van der Waals surface area contributed by atoms with Gasteiger partial charge >= 0.3 is 0 Å². The average Bonchev–Trinajstić information content (AvgIpc) is 2.80. The fourth-order valence-corrected chi connectivity index (χ4v) is 4.63. The standard InChI is InChI=1S/C16H26.C12H18N2.C2H6.H2/c1-4-14-7-10-16(13(3)11-14)15-8-5-12(2)6-9-15;1-10(4-5-11(2)13)12-6-8-14(3)9-7-12;1-2;/h7,10-13,15-16H,4-6,8-9H2,1-3H3;4-8H,9,13H2,1-3H3;1-2H3;1H/b;10-4+,11-5-;;. The van der Waals surface area contributed by atoms with Gasteiger partial charge in [0.2, 0.25) is 0 Å². The molecule has 0 amide bonds. The molecule has 1 saturated carbocycles. The van der Waals surface area contributed by atoms with Crippen molar-refractivity contribution in [2.45, 2.75) is 80.6 Å². The third kappa shape index (κ3) is 9.67. The van der Waals surface area contributed by atoms with Crippen LogP contribution in [0.4, 0.5) is 0 Å². The van der Waals surface area contributed by atoms with Crippen LogP contribution in [0, 0.1) is 23.7 Å². The molecule has 32 heavy (non-hydrogen) atoms. The highest BCUT2D eigenvalue weighted by Crippen LogP contribution is 2.39. The Balaban J connectivity index is 0.000000566. The lowest BCUT2D eigenvalue weighted by Crippen LogP contribution is -2.25. The summed E-state index contributed by atoms with van der Waals surface area (Å²) in [5, 5.41) is 0. The number of hydrogen-bond donors (Lipinski definition) is 1. The van der Waals surface area contributed by atoms with Crippen LogP contribution in [0.25, 0.3) is 0 Å². The quantitative estimate of drug-likeness (QED) is 0.444. The first-order valence-electron chi connectivity index (χ1n) is 12.9. The summed E-state index contributed by atoms with van der Waals surface area (Å²) in [5.41, 5.74) is 10.5. The van der Waals surface area contributed by atoms with E-state index in [1.165, 1.54) is 48.8 Å². The van der Waals surface area contributed by atoms with Gasteiger partial charge in [-0.05, 0) is 86.3 Å². The Morgan fingerprint density at radius 3 is 2.25 bits per heavy atom. The monoisotopic (exact) mass is 440 g/mol. The molecule has 2 aliphatic carbocycles. The van der Waals surface area contributed by atoms with Gasteiger partial charge in [0, 0.05) is 20.7 Å². The van der Waals surface area contributed by atoms with Crippen LogP contribution in [0.1, 0.15) is 82.0 Å². The minimum atomic E-state index is 0. The summed E-state index contributed by atoms with van der Waals surface area (Å²) in [5.74, 6) is 3.51. The van der Waals surface area contributed by atoms with Crippen LogP contribution in [0.3, 0.4) is 0 Å². The van der Waals surface area contributed by atoms with Crippen molar-refractivity contribution < 1.29 is 1.43 Å². The predicted octanol–water partition coefficient (Wildman–Crippen LogP) is 8.42. The van der Waals surface area contributed by atoms with Crippen LogP contribution >= 0.6 is 0 Å². The minimum absolute atomic E-state index is 0. The van der Waals surface area contributed by atoms with Gasteiger partial charge in [-0.2, -0.15) is 0 Å². The van der Waals surface area contributed by atoms with E-state index in [1.54, 1.807) is 0 Å². The smallest absolute Gasteiger partial charge is 0.0359 e. The molecule has 2 unspecified atom stereocenters. The van der Waals surface area contributed by atoms with Crippen molar-refractivity contribution in [3.05, 3.63) is 71.1 Å². The number of rotatable bonds is 4. The summed E-state index contributed by atoms with van der Waals surface area (Å²) in [6.45, 7) is 16.0. The van der Waals surface area contributed by atoms with Crippen molar-refractivity contribution in [1.82, 2.24) is 4.90 Å². The van der Waals surface area contributed by atoms with Crippen molar-refractivity contribution in [3.8, 4) is 0 Å². The molecule has 2 heteroatoms. The van der Waals surface area contributed by atoms with E-state index >= 15 is 0 Å². The molecule has 0 aromatic heterocycles. The first-order chi connectivity index (χ1) is 15.3. The van der Waals surface area contributed by atoms with Gasteiger partial charge in [-0.25, -0.2) is 0 Å². The molecular weight excluding hydrogens is 388 g/mol. The predicted molar refractivity (Wildman–Crippen MR) is 146 cm³/mol. The second kappa shape index (κ2) is 15.0. The molecule has 1 aliphatic heterocycles. The molecular formula is C30H52N2. The third-order valence-electron chi connectivity index (χ3n) is 6.79. The molecule has 182 valence electrons. The Morgan fingerprint density at radius 2 is 1.75 bits per heavy atom. The second-order valence-corrected chi connectivity index (χ2v) is 9.59. The third-order valence-corrected chi connectivity index (χ3v) is 6.79. The Labute approximate surface area is 201 Å². The maximum Gasteiger partial charge on any atom is 0.0359 e. The summed E-state index contributed by atoms with van der Waals surface area (Å²) < 4.78 is 0. The Kier molecular flexibility index (Phi) is 13.1. The zero-order valence-corrected chi connectivity index (χ0v) is 22.2. The normalized spacial score (nSPS) is 28.1. The first-order valence-corrected chi connectivity index (χ1v) is 12.9. The van der Waals surface area contributed by atoms with Crippen LogP contribution in [0.15, 0.2) is 71.1 Å². The molecule has 3 aliphatic rings. The summed E-state index contributed by atoms with van der Waals surface area (Å²) in [6, 6.07) is 0. The molecule has 1 heterocycles. The topological polar surface area (TPSA) is 29.3 Å². The lowest BCUT2D eigenvalue weighted by molar-refractivity contribution is 0.214. The summed E-state index contributed by atoms with van der Waals surface area (Å²) in [7, 11) is 2.06. The minimum Gasteiger partial charge on any atom is -0.402 e. The van der Waals surface area contributed by atoms with Crippen LogP contribution < -0.4 is 5.73 Å². The van der Waals surface area contributed by atoms with Gasteiger partial charge in [-0.1, -0.05) is 83.4 Å². The highest BCUT2D eigenvalue weighted by atomic mass is 15.1. The summed E-state index contributed by atoms with van der Waals surface area (Å²) >= 11 is 0. The van der Waals surface area contributed by atoms with Crippen LogP contribution in [-0.4, -0.2) is 18.5 Å². The maximum absolute atomic E-state index is 5.56. The SMILES string of the molecule is C/C(N)=C/C=C(\C)C1=CCN(C)C=C1.CC.CCC1=CC(C)C(C2CCC(C)CC2)C=C1.[HH]. The molecule has 1 fully saturated rings. The number of likely N-dealkylation sites (N-methyl/N-ethyl adjacent to an activating group) is 1. The molecule has 3 rings (SSSR count). The van der Waals surface area contributed by atoms with E-state index in [2.05, 4.69) is 82.3 Å². The molecule has 0 spiro atoms. The largest absolute Gasteiger partial charge is 0.402 e. The van der Waals surface area contributed by atoms with Gasteiger partial charge in [-0.15, -0.1) is 0 Å². The first kappa shape index (κ1) is 28.1. The fourth-order valence-electron chi connectivity index (χ4n) is 4.63. The van der Waals surface area contributed by atoms with E-state index in [4.69, 9.17) is 5.73 Å². The van der Waals surface area contributed by atoms with Gasteiger partial charge in [0.15, 0.2) is 0 Å². The van der Waals surface area contributed by atoms with E-state index in [-0.39, 0.29) is 1.43 Å². The number of hydrogen-bond acceptors (Lipinski definition) is 2. The Hall–Kier alpha value is -1.96. The fraction of sp³-hybridized carbons (Fsp3) is 0.600. The van der Waals surface area contributed by atoms with E-state index in [0.717, 1.165) is 35.9 Å². The zero-order valence-electron chi connectivity index (χ0n) is 22.2. The molecule has 0 radical (unpaired) electrons. The van der Waals surface area contributed by atoms with Crippen molar-refractivity contribution in [2.24, 2.45) is 29.4 Å². The van der Waals surface area contributed by atoms with Gasteiger partial charge in [0.05, 0.1) is 0 Å². The van der Waals surface area contributed by atoms with Crippen molar-refractivity contribution in [3.63, 3.8) is 0 Å². The van der Waals surface area contributed by atoms with Crippen LogP contribution in [0.5, 0.6) is 0 Å². The van der Waals surface area contributed by atoms with Gasteiger partial charge in [0.25, 0.3) is 0 Å². The summed E-state index contributed by atoms with van der Waals surface area (Å²) in [6.07, 6.45) is 24.8. The van der Waals surface area contributed by atoms with Gasteiger partial charge in [-0.3, -0.25) is 0 Å². The molecule has 2 N–H and O–H groups in total. The molecule has 0 aromatic rings. The highest BCUT2D eigenvalue weighted by Gasteiger charge is 2.28. The molecule has 0 aromatic carbocycles. The number of allylic oxidation sites excluding steroid dienone is 10. The summed E-state index contributed by atoms with van der Waals surface area (Å²) in [4.78, 5) is 2.14. The van der Waals surface area contributed by atoms with Crippen LogP contribution in [-0.2, 0) is 0 Å². The highest BCUT2D eigenvalue weighted by molar-refractivity contribution is 5.41. The average molecular weight is 441 g/mol. The lowest BCUT2D eigenvalue weighted by atomic mass is 9.70. The van der Waals surface area contributed by atoms with E-state index in [0.29, 0.717) is 0 Å². The maximum atomic E-state index is 5.56. The number of nitrogens with two attached hydrogens (primary N) is 1. The van der Waals surface area contributed by atoms with E-state index in [1.807, 2.05) is 26.8 Å². The Morgan fingerprint density at radius 1 is 1.09 bits per heavy atom. The van der Waals surface area contributed by atoms with Crippen molar-refractivity contribution >= 4 is 0 Å². The zero-order chi connectivity index (χ0) is 24.1. The molecule has 2 atom stereocenters. The Bertz CT molecular complexity index is 726. The van der Waals surface area contributed by atoms with E-state index in [9.17, 15) is 0 Å². The van der Waals surface area contributed by atoms with Crippen LogP contribution in [0.2, 0.25) is 0 Å². The van der Waals surface area contributed by atoms with Crippen molar-refractivity contribution in [1.29, 1.82) is 0 Å². The molecule has 0 saturated heterocycles. The van der Waals surface area contributed by atoms with Crippen molar-refractivity contribution in [2.75, 3.05) is 13.6 Å².